The molecule has 3 rings (SSSR count). The van der Waals surface area contributed by atoms with Gasteiger partial charge in [0.25, 0.3) is 0 Å². The van der Waals surface area contributed by atoms with E-state index >= 15 is 0 Å². The summed E-state index contributed by atoms with van der Waals surface area (Å²) in [5, 5.41) is 3.51. The van der Waals surface area contributed by atoms with Crippen LogP contribution >= 0.6 is 0 Å². The summed E-state index contributed by atoms with van der Waals surface area (Å²) in [6.07, 6.45) is 7.58. The van der Waals surface area contributed by atoms with Gasteiger partial charge in [-0.25, -0.2) is 4.98 Å². The molecule has 0 aliphatic heterocycles. The smallest absolute Gasteiger partial charge is 0.122 e. The van der Waals surface area contributed by atoms with Gasteiger partial charge in [0.1, 0.15) is 11.6 Å². The van der Waals surface area contributed by atoms with E-state index in [4.69, 9.17) is 4.74 Å². The fourth-order valence-corrected chi connectivity index (χ4v) is 2.28. The first kappa shape index (κ1) is 13.2. The summed E-state index contributed by atoms with van der Waals surface area (Å²) in [4.78, 5) is 4.44. The van der Waals surface area contributed by atoms with Crippen LogP contribution in [0.4, 0.5) is 0 Å². The molecular weight excluding hydrogens is 250 g/mol. The molecule has 1 fully saturated rings. The second-order valence-electron chi connectivity index (χ2n) is 5.29. The first-order valence-corrected chi connectivity index (χ1v) is 7.21. The lowest BCUT2D eigenvalue weighted by Gasteiger charge is -2.09. The third-order valence-corrected chi connectivity index (χ3v) is 3.73. The standard InChI is InChI=1S/C16H21N3O/c1-20-15-6-2-13(3-7-15)8-10-19-11-9-17-16(19)12-18-14-4-5-14/h2-3,6-7,9,11,14,18H,4-5,8,10,12H2,1H3. The molecule has 1 heterocycles. The van der Waals surface area contributed by atoms with Crippen molar-refractivity contribution < 1.29 is 4.74 Å². The van der Waals surface area contributed by atoms with Crippen LogP contribution < -0.4 is 10.1 Å². The molecule has 1 aliphatic rings. The van der Waals surface area contributed by atoms with E-state index in [0.717, 1.165) is 37.1 Å². The number of nitrogens with one attached hydrogen (secondary N) is 1. The fraction of sp³-hybridized carbons (Fsp3) is 0.438. The summed E-state index contributed by atoms with van der Waals surface area (Å²) >= 11 is 0. The van der Waals surface area contributed by atoms with E-state index in [2.05, 4.69) is 33.2 Å². The van der Waals surface area contributed by atoms with Crippen molar-refractivity contribution in [3.05, 3.63) is 48.0 Å². The summed E-state index contributed by atoms with van der Waals surface area (Å²) < 4.78 is 7.41. The molecule has 0 spiro atoms. The SMILES string of the molecule is COc1ccc(CCn2ccnc2CNC2CC2)cc1. The first-order valence-electron chi connectivity index (χ1n) is 7.21. The zero-order valence-electron chi connectivity index (χ0n) is 11.9. The number of hydrogen-bond acceptors (Lipinski definition) is 3. The van der Waals surface area contributed by atoms with Gasteiger partial charge in [0.05, 0.1) is 13.7 Å². The van der Waals surface area contributed by atoms with Gasteiger partial charge < -0.3 is 14.6 Å². The van der Waals surface area contributed by atoms with Crippen LogP contribution in [0, 0.1) is 0 Å². The van der Waals surface area contributed by atoms with Crippen LogP contribution in [0.1, 0.15) is 24.2 Å². The van der Waals surface area contributed by atoms with E-state index in [1.54, 1.807) is 7.11 Å². The van der Waals surface area contributed by atoms with Gasteiger partial charge in [-0.1, -0.05) is 12.1 Å². The van der Waals surface area contributed by atoms with Crippen molar-refractivity contribution in [2.75, 3.05) is 7.11 Å². The number of ether oxygens (including phenoxy) is 1. The molecule has 1 saturated carbocycles. The average Bonchev–Trinajstić information content (AvgIpc) is 3.22. The minimum atomic E-state index is 0.724. The lowest BCUT2D eigenvalue weighted by molar-refractivity contribution is 0.414. The minimum absolute atomic E-state index is 0.724. The predicted molar refractivity (Wildman–Crippen MR) is 78.8 cm³/mol. The Bertz CT molecular complexity index is 543. The molecule has 0 atom stereocenters. The van der Waals surface area contributed by atoms with E-state index in [1.807, 2.05) is 18.3 Å². The van der Waals surface area contributed by atoms with E-state index in [1.165, 1.54) is 18.4 Å². The van der Waals surface area contributed by atoms with Gasteiger partial charge in [0.15, 0.2) is 0 Å². The van der Waals surface area contributed by atoms with Crippen molar-refractivity contribution in [1.82, 2.24) is 14.9 Å². The molecule has 2 aromatic rings. The maximum atomic E-state index is 5.18. The monoisotopic (exact) mass is 271 g/mol. The zero-order valence-corrected chi connectivity index (χ0v) is 11.9. The molecular formula is C16H21N3O. The molecule has 0 unspecified atom stereocenters. The number of methoxy groups -OCH3 is 1. The molecule has 1 aromatic carbocycles. The molecule has 0 saturated heterocycles. The van der Waals surface area contributed by atoms with Crippen LogP contribution in [-0.2, 0) is 19.5 Å². The van der Waals surface area contributed by atoms with Crippen molar-refractivity contribution in [3.8, 4) is 5.75 Å². The molecule has 4 nitrogen and oxygen atoms in total. The third-order valence-electron chi connectivity index (χ3n) is 3.73. The molecule has 106 valence electrons. The summed E-state index contributed by atoms with van der Waals surface area (Å²) in [7, 11) is 1.69. The predicted octanol–water partition coefficient (Wildman–Crippen LogP) is 2.39. The number of aromatic nitrogens is 2. The number of aryl methyl sites for hydroxylation is 2. The first-order chi connectivity index (χ1) is 9.85. The number of hydrogen-bond donors (Lipinski definition) is 1. The quantitative estimate of drug-likeness (QED) is 0.840. The Kier molecular flexibility index (Phi) is 4.02. The zero-order chi connectivity index (χ0) is 13.8. The summed E-state index contributed by atoms with van der Waals surface area (Å²) in [6, 6.07) is 9.00. The van der Waals surface area contributed by atoms with Gasteiger partial charge in [0.2, 0.25) is 0 Å². The Morgan fingerprint density at radius 1 is 1.30 bits per heavy atom. The van der Waals surface area contributed by atoms with Gasteiger partial charge in [-0.15, -0.1) is 0 Å². The maximum Gasteiger partial charge on any atom is 0.122 e. The molecule has 1 aromatic heterocycles. The van der Waals surface area contributed by atoms with Crippen molar-refractivity contribution in [1.29, 1.82) is 0 Å². The third kappa shape index (κ3) is 3.39. The van der Waals surface area contributed by atoms with Crippen LogP contribution in [0.15, 0.2) is 36.7 Å². The molecule has 1 aliphatic carbocycles. The Morgan fingerprint density at radius 3 is 2.80 bits per heavy atom. The molecule has 20 heavy (non-hydrogen) atoms. The molecule has 0 radical (unpaired) electrons. The topological polar surface area (TPSA) is 39.1 Å². The van der Waals surface area contributed by atoms with E-state index in [0.29, 0.717) is 0 Å². The van der Waals surface area contributed by atoms with Crippen LogP contribution in [0.25, 0.3) is 0 Å². The lowest BCUT2D eigenvalue weighted by atomic mass is 10.1. The van der Waals surface area contributed by atoms with E-state index < -0.39 is 0 Å². The van der Waals surface area contributed by atoms with Crippen molar-refractivity contribution in [2.24, 2.45) is 0 Å². The van der Waals surface area contributed by atoms with Crippen molar-refractivity contribution >= 4 is 0 Å². The van der Waals surface area contributed by atoms with Gasteiger partial charge in [-0.2, -0.15) is 0 Å². The highest BCUT2D eigenvalue weighted by Crippen LogP contribution is 2.19. The number of nitrogens with zero attached hydrogens (tertiary/aromatic N) is 2. The summed E-state index contributed by atoms with van der Waals surface area (Å²) in [6.45, 7) is 1.84. The summed E-state index contributed by atoms with van der Waals surface area (Å²) in [5.74, 6) is 2.04. The normalized spacial score (nSPS) is 14.4. The second-order valence-corrected chi connectivity index (χ2v) is 5.29. The van der Waals surface area contributed by atoms with Crippen LogP contribution in [-0.4, -0.2) is 22.7 Å². The molecule has 4 heteroatoms. The Hall–Kier alpha value is -1.81. The lowest BCUT2D eigenvalue weighted by Crippen LogP contribution is -2.19. The Balaban J connectivity index is 1.55. The van der Waals surface area contributed by atoms with Gasteiger partial charge in [-0.05, 0) is 37.0 Å². The van der Waals surface area contributed by atoms with E-state index in [9.17, 15) is 0 Å². The number of rotatable bonds is 7. The fourth-order valence-electron chi connectivity index (χ4n) is 2.28. The molecule has 0 bridgehead atoms. The highest BCUT2D eigenvalue weighted by Gasteiger charge is 2.20. The van der Waals surface area contributed by atoms with Gasteiger partial charge in [-0.3, -0.25) is 0 Å². The number of imidazole rings is 1. The highest BCUT2D eigenvalue weighted by atomic mass is 16.5. The van der Waals surface area contributed by atoms with Crippen molar-refractivity contribution in [2.45, 2.75) is 38.4 Å². The van der Waals surface area contributed by atoms with Gasteiger partial charge in [0, 0.05) is 25.0 Å². The van der Waals surface area contributed by atoms with Crippen LogP contribution in [0.3, 0.4) is 0 Å². The Labute approximate surface area is 119 Å². The minimum Gasteiger partial charge on any atom is -0.497 e. The molecule has 1 N–H and O–H groups in total. The Morgan fingerprint density at radius 2 is 2.10 bits per heavy atom. The van der Waals surface area contributed by atoms with Crippen LogP contribution in [0.2, 0.25) is 0 Å². The van der Waals surface area contributed by atoms with Crippen LogP contribution in [0.5, 0.6) is 5.75 Å². The second kappa shape index (κ2) is 6.09. The van der Waals surface area contributed by atoms with Crippen molar-refractivity contribution in [3.63, 3.8) is 0 Å². The maximum absolute atomic E-state index is 5.18. The number of benzene rings is 1. The average molecular weight is 271 g/mol. The highest BCUT2D eigenvalue weighted by molar-refractivity contribution is 5.27. The summed E-state index contributed by atoms with van der Waals surface area (Å²) in [5.41, 5.74) is 1.32. The molecule has 0 amide bonds. The van der Waals surface area contributed by atoms with Gasteiger partial charge >= 0.3 is 0 Å². The largest absolute Gasteiger partial charge is 0.497 e. The van der Waals surface area contributed by atoms with E-state index in [-0.39, 0.29) is 0 Å².